The summed E-state index contributed by atoms with van der Waals surface area (Å²) in [5.41, 5.74) is 5.56. The van der Waals surface area contributed by atoms with Crippen LogP contribution in [0.2, 0.25) is 0 Å². The molecule has 2 heterocycles. The van der Waals surface area contributed by atoms with Gasteiger partial charge in [-0.2, -0.15) is 16.1 Å². The molecular weight excluding hydrogens is 356 g/mol. The predicted molar refractivity (Wildman–Crippen MR) is 80.6 cm³/mol. The van der Waals surface area contributed by atoms with E-state index in [9.17, 15) is 8.42 Å². The molecule has 0 radical (unpaired) electrons. The minimum atomic E-state index is -3.40. The molecule has 1 saturated heterocycles. The van der Waals surface area contributed by atoms with Gasteiger partial charge in [-0.25, -0.2) is 8.42 Å². The Labute approximate surface area is 124 Å². The number of nitrogens with two attached hydrogens (primary N) is 1. The number of thiophene rings is 1. The van der Waals surface area contributed by atoms with Gasteiger partial charge < -0.3 is 5.73 Å². The van der Waals surface area contributed by atoms with Gasteiger partial charge in [0.25, 0.3) is 0 Å². The van der Waals surface area contributed by atoms with Crippen LogP contribution in [-0.2, 0) is 16.6 Å². The first-order chi connectivity index (χ1) is 8.46. The molecule has 0 aromatic carbocycles. The minimum Gasteiger partial charge on any atom is -0.326 e. The Morgan fingerprint density at radius 1 is 1.61 bits per heavy atom. The third-order valence-electron chi connectivity index (χ3n) is 2.80. The molecule has 18 heavy (non-hydrogen) atoms. The molecule has 0 amide bonds. The summed E-state index contributed by atoms with van der Waals surface area (Å²) in [5, 5.41) is 0. The number of sulfonamides is 1. The maximum atomic E-state index is 12.6. The van der Waals surface area contributed by atoms with Gasteiger partial charge in [0, 0.05) is 35.5 Å². The van der Waals surface area contributed by atoms with Gasteiger partial charge in [0.1, 0.15) is 4.90 Å². The van der Waals surface area contributed by atoms with E-state index in [1.54, 1.807) is 22.1 Å². The van der Waals surface area contributed by atoms with Crippen LogP contribution in [0.15, 0.2) is 14.7 Å². The summed E-state index contributed by atoms with van der Waals surface area (Å²) in [6.45, 7) is 2.90. The molecule has 4 nitrogen and oxygen atoms in total. The Bertz CT molecular complexity index is 529. The third-order valence-corrected chi connectivity index (χ3v) is 8.28. The molecule has 0 spiro atoms. The molecule has 102 valence electrons. The summed E-state index contributed by atoms with van der Waals surface area (Å²) in [5.74, 6) is 1.71. The van der Waals surface area contributed by atoms with Gasteiger partial charge >= 0.3 is 0 Å². The summed E-state index contributed by atoms with van der Waals surface area (Å²) in [7, 11) is -3.40. The van der Waals surface area contributed by atoms with Crippen molar-refractivity contribution in [2.75, 3.05) is 18.1 Å². The molecule has 0 aliphatic carbocycles. The number of hydrogen-bond acceptors (Lipinski definition) is 5. The monoisotopic (exact) mass is 370 g/mol. The van der Waals surface area contributed by atoms with Gasteiger partial charge in [-0.05, 0) is 28.9 Å². The summed E-state index contributed by atoms with van der Waals surface area (Å²) >= 11 is 6.52. The van der Waals surface area contributed by atoms with E-state index in [4.69, 9.17) is 5.73 Å². The molecule has 0 bridgehead atoms. The zero-order valence-corrected chi connectivity index (χ0v) is 14.0. The van der Waals surface area contributed by atoms with Crippen LogP contribution in [0, 0.1) is 0 Å². The third kappa shape index (κ3) is 2.78. The van der Waals surface area contributed by atoms with E-state index in [1.807, 2.05) is 6.92 Å². The molecule has 1 aliphatic heterocycles. The van der Waals surface area contributed by atoms with E-state index >= 15 is 0 Å². The molecule has 1 atom stereocenters. The second kappa shape index (κ2) is 5.80. The Hall–Kier alpha value is 0.400. The highest BCUT2D eigenvalue weighted by molar-refractivity contribution is 9.11. The highest BCUT2D eigenvalue weighted by atomic mass is 79.9. The average molecular weight is 371 g/mol. The van der Waals surface area contributed by atoms with Crippen LogP contribution < -0.4 is 5.73 Å². The van der Waals surface area contributed by atoms with E-state index in [0.717, 1.165) is 16.4 Å². The maximum Gasteiger partial charge on any atom is 0.245 e. The van der Waals surface area contributed by atoms with Crippen molar-refractivity contribution in [3.8, 4) is 0 Å². The van der Waals surface area contributed by atoms with Crippen LogP contribution in [0.25, 0.3) is 0 Å². The normalized spacial score (nSPS) is 22.3. The highest BCUT2D eigenvalue weighted by Gasteiger charge is 2.33. The molecule has 8 heteroatoms. The van der Waals surface area contributed by atoms with E-state index < -0.39 is 10.0 Å². The van der Waals surface area contributed by atoms with Gasteiger partial charge in [-0.15, -0.1) is 11.3 Å². The smallest absolute Gasteiger partial charge is 0.245 e. The van der Waals surface area contributed by atoms with Crippen LogP contribution >= 0.6 is 39.0 Å². The molecule has 1 aromatic heterocycles. The van der Waals surface area contributed by atoms with E-state index in [-0.39, 0.29) is 6.04 Å². The molecule has 0 saturated carbocycles. The first-order valence-electron chi connectivity index (χ1n) is 5.54. The highest BCUT2D eigenvalue weighted by Crippen LogP contribution is 2.35. The van der Waals surface area contributed by atoms with Crippen LogP contribution in [0.5, 0.6) is 0 Å². The summed E-state index contributed by atoms with van der Waals surface area (Å²) < 4.78 is 27.4. The Morgan fingerprint density at radius 2 is 2.33 bits per heavy atom. The lowest BCUT2D eigenvalue weighted by atomic mass is 10.4. The van der Waals surface area contributed by atoms with Crippen LogP contribution in [0.4, 0.5) is 0 Å². The van der Waals surface area contributed by atoms with Crippen LogP contribution in [0.3, 0.4) is 0 Å². The van der Waals surface area contributed by atoms with Crippen molar-refractivity contribution in [3.63, 3.8) is 0 Å². The SMILES string of the molecule is CC1CSCCN1S(=O)(=O)c1cc(CN)sc1Br. The van der Waals surface area contributed by atoms with Crippen molar-refractivity contribution < 1.29 is 8.42 Å². The molecular formula is C10H15BrN2O2S3. The van der Waals surface area contributed by atoms with Crippen molar-refractivity contribution >= 4 is 49.1 Å². The number of nitrogens with zero attached hydrogens (tertiary/aromatic N) is 1. The largest absolute Gasteiger partial charge is 0.326 e. The number of hydrogen-bond donors (Lipinski definition) is 1. The molecule has 1 unspecified atom stereocenters. The van der Waals surface area contributed by atoms with Gasteiger partial charge in [0.2, 0.25) is 10.0 Å². The first kappa shape index (κ1) is 14.8. The molecule has 1 aromatic rings. The van der Waals surface area contributed by atoms with Crippen molar-refractivity contribution in [1.82, 2.24) is 4.31 Å². The fourth-order valence-corrected chi connectivity index (χ4v) is 7.24. The van der Waals surface area contributed by atoms with Crippen molar-refractivity contribution in [1.29, 1.82) is 0 Å². The predicted octanol–water partition coefficient (Wildman–Crippen LogP) is 2.10. The topological polar surface area (TPSA) is 63.4 Å². The quantitative estimate of drug-likeness (QED) is 0.884. The van der Waals surface area contributed by atoms with Gasteiger partial charge in [-0.1, -0.05) is 0 Å². The molecule has 2 N–H and O–H groups in total. The Balaban J connectivity index is 2.37. The molecule has 1 aliphatic rings. The van der Waals surface area contributed by atoms with E-state index in [0.29, 0.717) is 21.8 Å². The van der Waals surface area contributed by atoms with Crippen molar-refractivity contribution in [3.05, 3.63) is 14.7 Å². The lowest BCUT2D eigenvalue weighted by Crippen LogP contribution is -2.44. The lowest BCUT2D eigenvalue weighted by Gasteiger charge is -2.31. The van der Waals surface area contributed by atoms with E-state index in [1.165, 1.54) is 11.3 Å². The zero-order chi connectivity index (χ0) is 13.3. The summed E-state index contributed by atoms with van der Waals surface area (Å²) in [6.07, 6.45) is 0. The first-order valence-corrected chi connectivity index (χ1v) is 9.75. The zero-order valence-electron chi connectivity index (χ0n) is 9.93. The van der Waals surface area contributed by atoms with Gasteiger partial charge in [-0.3, -0.25) is 0 Å². The average Bonchev–Trinajstić information content (AvgIpc) is 2.71. The van der Waals surface area contributed by atoms with E-state index in [2.05, 4.69) is 15.9 Å². The second-order valence-corrected chi connectivity index (χ2v) is 9.56. The Kier molecular flexibility index (Phi) is 4.77. The lowest BCUT2D eigenvalue weighted by molar-refractivity contribution is 0.367. The molecule has 1 fully saturated rings. The number of rotatable bonds is 3. The fraction of sp³-hybridized carbons (Fsp3) is 0.600. The van der Waals surface area contributed by atoms with Crippen molar-refractivity contribution in [2.24, 2.45) is 5.73 Å². The van der Waals surface area contributed by atoms with Gasteiger partial charge in [0.15, 0.2) is 0 Å². The van der Waals surface area contributed by atoms with Gasteiger partial charge in [0.05, 0.1) is 3.79 Å². The van der Waals surface area contributed by atoms with Crippen molar-refractivity contribution in [2.45, 2.75) is 24.4 Å². The Morgan fingerprint density at radius 3 is 2.89 bits per heavy atom. The number of halogens is 1. The molecule has 2 rings (SSSR count). The standard InChI is InChI=1S/C10H15BrN2O2S3/c1-7-6-16-3-2-13(7)18(14,15)9-4-8(5-12)17-10(9)11/h4,7H,2-3,5-6,12H2,1H3. The van der Waals surface area contributed by atoms with Crippen LogP contribution in [0.1, 0.15) is 11.8 Å². The summed E-state index contributed by atoms with van der Waals surface area (Å²) in [4.78, 5) is 1.23. The second-order valence-electron chi connectivity index (χ2n) is 4.09. The number of thioether (sulfide) groups is 1. The van der Waals surface area contributed by atoms with Crippen LogP contribution in [-0.4, -0.2) is 36.8 Å². The maximum absolute atomic E-state index is 12.6. The summed E-state index contributed by atoms with van der Waals surface area (Å²) in [6, 6.07) is 1.72. The fourth-order valence-electron chi connectivity index (χ4n) is 1.87. The minimum absolute atomic E-state index is 0.0434.